The van der Waals surface area contributed by atoms with Crippen LogP contribution in [0.4, 0.5) is 0 Å². The van der Waals surface area contributed by atoms with E-state index in [0.717, 1.165) is 26.1 Å². The van der Waals surface area contributed by atoms with Crippen molar-refractivity contribution in [2.75, 3.05) is 19.6 Å². The van der Waals surface area contributed by atoms with Crippen LogP contribution >= 0.6 is 0 Å². The largest absolute Gasteiger partial charge is 0.438 e. The lowest BCUT2D eigenvalue weighted by atomic mass is 10.1. The molecule has 0 spiro atoms. The number of hydrogen-bond donors (Lipinski definition) is 0. The van der Waals surface area contributed by atoms with Gasteiger partial charge in [-0.3, -0.25) is 4.79 Å². The molecule has 0 bridgehead atoms. The van der Waals surface area contributed by atoms with Gasteiger partial charge in [-0.15, -0.1) is 0 Å². The summed E-state index contributed by atoms with van der Waals surface area (Å²) in [5.74, 6) is 1.40. The molecule has 76 valence electrons. The molecule has 0 radical (unpaired) electrons. The normalized spacial score (nSPS) is 22.8. The van der Waals surface area contributed by atoms with Gasteiger partial charge in [0.05, 0.1) is 6.20 Å². The number of rotatable bonds is 3. The van der Waals surface area contributed by atoms with E-state index in [4.69, 9.17) is 4.42 Å². The molecule has 0 aromatic carbocycles. The highest BCUT2D eigenvalue weighted by molar-refractivity contribution is 5.69. The van der Waals surface area contributed by atoms with Gasteiger partial charge < -0.3 is 9.32 Å². The molecule has 0 aliphatic carbocycles. The summed E-state index contributed by atoms with van der Waals surface area (Å²) in [5, 5.41) is 0. The zero-order chi connectivity index (χ0) is 9.97. The Kier molecular flexibility index (Phi) is 2.63. The molecule has 1 atom stereocenters. The maximum Gasteiger partial charge on any atom is 0.199 e. The van der Waals surface area contributed by atoms with Gasteiger partial charge in [0, 0.05) is 12.5 Å². The lowest BCUT2D eigenvalue weighted by Gasteiger charge is -2.10. The molecule has 4 nitrogen and oxygen atoms in total. The topological polar surface area (TPSA) is 46.3 Å². The van der Waals surface area contributed by atoms with Crippen molar-refractivity contribution in [2.24, 2.45) is 0 Å². The number of likely N-dealkylation sites (N-methyl/N-ethyl adjacent to an activating group) is 1. The highest BCUT2D eigenvalue weighted by Gasteiger charge is 2.26. The lowest BCUT2D eigenvalue weighted by molar-refractivity contribution is 0.109. The molecule has 1 fully saturated rings. The molecule has 1 aliphatic rings. The Labute approximate surface area is 82.9 Å². The second kappa shape index (κ2) is 3.92. The number of likely N-dealkylation sites (tertiary alicyclic amines) is 1. The molecule has 14 heavy (non-hydrogen) atoms. The smallest absolute Gasteiger partial charge is 0.199 e. The van der Waals surface area contributed by atoms with Gasteiger partial charge >= 0.3 is 0 Å². The van der Waals surface area contributed by atoms with Crippen molar-refractivity contribution in [3.05, 3.63) is 17.8 Å². The fourth-order valence-electron chi connectivity index (χ4n) is 1.87. The van der Waals surface area contributed by atoms with E-state index in [1.54, 1.807) is 0 Å². The first-order chi connectivity index (χ1) is 6.83. The van der Waals surface area contributed by atoms with Crippen LogP contribution < -0.4 is 0 Å². The van der Waals surface area contributed by atoms with Crippen LogP contribution in [-0.2, 0) is 0 Å². The summed E-state index contributed by atoms with van der Waals surface area (Å²) in [6.45, 7) is 5.31. The average Bonchev–Trinajstić information content (AvgIpc) is 2.86. The Bertz CT molecular complexity index is 322. The SMILES string of the molecule is CCN1CCC(c2ncc(C=O)o2)C1. The average molecular weight is 194 g/mol. The lowest BCUT2D eigenvalue weighted by Crippen LogP contribution is -2.19. The van der Waals surface area contributed by atoms with E-state index in [1.807, 2.05) is 0 Å². The van der Waals surface area contributed by atoms with Crippen LogP contribution in [0.15, 0.2) is 10.6 Å². The first-order valence-electron chi connectivity index (χ1n) is 4.96. The molecular formula is C10H14N2O2. The minimum absolute atomic E-state index is 0.329. The van der Waals surface area contributed by atoms with E-state index in [9.17, 15) is 4.79 Å². The number of aldehydes is 1. The van der Waals surface area contributed by atoms with Gasteiger partial charge in [-0.05, 0) is 19.5 Å². The van der Waals surface area contributed by atoms with Crippen molar-refractivity contribution in [3.8, 4) is 0 Å². The number of nitrogens with zero attached hydrogens (tertiary/aromatic N) is 2. The number of carbonyl (C=O) groups excluding carboxylic acids is 1. The summed E-state index contributed by atoms with van der Waals surface area (Å²) in [7, 11) is 0. The Morgan fingerprint density at radius 2 is 2.64 bits per heavy atom. The Balaban J connectivity index is 2.05. The van der Waals surface area contributed by atoms with Crippen molar-refractivity contribution in [1.82, 2.24) is 9.88 Å². The van der Waals surface area contributed by atoms with Gasteiger partial charge in [0.1, 0.15) is 0 Å². The second-order valence-electron chi connectivity index (χ2n) is 3.60. The van der Waals surface area contributed by atoms with Gasteiger partial charge in [0.15, 0.2) is 17.9 Å². The number of hydrogen-bond acceptors (Lipinski definition) is 4. The third-order valence-corrected chi connectivity index (χ3v) is 2.73. The molecule has 0 N–H and O–H groups in total. The molecule has 4 heteroatoms. The zero-order valence-electron chi connectivity index (χ0n) is 8.27. The highest BCUT2D eigenvalue weighted by Crippen LogP contribution is 2.26. The van der Waals surface area contributed by atoms with E-state index in [-0.39, 0.29) is 0 Å². The summed E-state index contributed by atoms with van der Waals surface area (Å²) < 4.78 is 5.30. The van der Waals surface area contributed by atoms with E-state index >= 15 is 0 Å². The van der Waals surface area contributed by atoms with E-state index in [0.29, 0.717) is 23.9 Å². The van der Waals surface area contributed by atoms with Crippen molar-refractivity contribution in [1.29, 1.82) is 0 Å². The minimum Gasteiger partial charge on any atom is -0.438 e. The van der Waals surface area contributed by atoms with E-state index in [2.05, 4.69) is 16.8 Å². The molecule has 2 heterocycles. The number of carbonyl (C=O) groups is 1. The van der Waals surface area contributed by atoms with E-state index in [1.165, 1.54) is 6.20 Å². The van der Waals surface area contributed by atoms with Crippen LogP contribution in [0.3, 0.4) is 0 Å². The van der Waals surface area contributed by atoms with Gasteiger partial charge in [0.2, 0.25) is 0 Å². The molecule has 1 aromatic heterocycles. The number of aromatic nitrogens is 1. The molecule has 1 saturated heterocycles. The fourth-order valence-corrected chi connectivity index (χ4v) is 1.87. The molecule has 1 aliphatic heterocycles. The van der Waals surface area contributed by atoms with Crippen LogP contribution in [0.5, 0.6) is 0 Å². The third-order valence-electron chi connectivity index (χ3n) is 2.73. The first kappa shape index (κ1) is 9.40. The number of oxazole rings is 1. The van der Waals surface area contributed by atoms with Crippen molar-refractivity contribution in [3.63, 3.8) is 0 Å². The Morgan fingerprint density at radius 1 is 1.79 bits per heavy atom. The quantitative estimate of drug-likeness (QED) is 0.680. The maximum atomic E-state index is 10.4. The van der Waals surface area contributed by atoms with Crippen molar-refractivity contribution < 1.29 is 9.21 Å². The van der Waals surface area contributed by atoms with Crippen LogP contribution in [0.1, 0.15) is 35.7 Å². The maximum absolute atomic E-state index is 10.4. The van der Waals surface area contributed by atoms with Gasteiger partial charge in [-0.25, -0.2) is 4.98 Å². The Hall–Kier alpha value is -1.16. The predicted octanol–water partition coefficient (Wildman–Crippen LogP) is 1.30. The zero-order valence-corrected chi connectivity index (χ0v) is 8.27. The Morgan fingerprint density at radius 3 is 3.21 bits per heavy atom. The summed E-state index contributed by atoms with van der Waals surface area (Å²) in [6.07, 6.45) is 3.27. The van der Waals surface area contributed by atoms with Gasteiger partial charge in [-0.1, -0.05) is 6.92 Å². The third kappa shape index (κ3) is 1.70. The van der Waals surface area contributed by atoms with Crippen LogP contribution in [0.2, 0.25) is 0 Å². The summed E-state index contributed by atoms with van der Waals surface area (Å²) in [5.41, 5.74) is 0. The minimum atomic E-state index is 0.329. The first-order valence-corrected chi connectivity index (χ1v) is 4.96. The van der Waals surface area contributed by atoms with Crippen molar-refractivity contribution in [2.45, 2.75) is 19.3 Å². The molecule has 1 aromatic rings. The van der Waals surface area contributed by atoms with Gasteiger partial charge in [-0.2, -0.15) is 0 Å². The highest BCUT2D eigenvalue weighted by atomic mass is 16.4. The van der Waals surface area contributed by atoms with Crippen LogP contribution in [0.25, 0.3) is 0 Å². The summed E-state index contributed by atoms with van der Waals surface area (Å²) >= 11 is 0. The molecule has 1 unspecified atom stereocenters. The molecule has 0 saturated carbocycles. The fraction of sp³-hybridized carbons (Fsp3) is 0.600. The van der Waals surface area contributed by atoms with Gasteiger partial charge in [0.25, 0.3) is 0 Å². The standard InChI is InChI=1S/C10H14N2O2/c1-2-12-4-3-8(6-12)10-11-5-9(7-13)14-10/h5,7-8H,2-4,6H2,1H3. The van der Waals surface area contributed by atoms with Crippen molar-refractivity contribution >= 4 is 6.29 Å². The van der Waals surface area contributed by atoms with Crippen LogP contribution in [0, 0.1) is 0 Å². The molecular weight excluding hydrogens is 180 g/mol. The molecule has 2 rings (SSSR count). The summed E-state index contributed by atoms with van der Waals surface area (Å²) in [6, 6.07) is 0. The van der Waals surface area contributed by atoms with Crippen LogP contribution in [-0.4, -0.2) is 35.8 Å². The molecule has 0 amide bonds. The van der Waals surface area contributed by atoms with E-state index < -0.39 is 0 Å². The summed E-state index contributed by atoms with van der Waals surface area (Å²) in [4.78, 5) is 16.9. The monoisotopic (exact) mass is 194 g/mol. The second-order valence-corrected chi connectivity index (χ2v) is 3.60. The predicted molar refractivity (Wildman–Crippen MR) is 51.4 cm³/mol.